The van der Waals surface area contributed by atoms with E-state index in [1.165, 1.54) is 5.69 Å². The maximum absolute atomic E-state index is 5.76. The fourth-order valence-corrected chi connectivity index (χ4v) is 5.05. The van der Waals surface area contributed by atoms with Crippen molar-refractivity contribution in [3.8, 4) is 11.5 Å². The average molecular weight is 489 g/mol. The van der Waals surface area contributed by atoms with Crippen LogP contribution in [0, 0.1) is 0 Å². The summed E-state index contributed by atoms with van der Waals surface area (Å²) < 4.78 is 13.2. The van der Waals surface area contributed by atoms with Crippen molar-refractivity contribution in [1.82, 2.24) is 29.8 Å². The Hall–Kier alpha value is -3.50. The smallest absolute Gasteiger partial charge is 0.261 e. The molecule has 0 spiro atoms. The highest BCUT2D eigenvalue weighted by atomic mass is 16.5. The molecule has 0 aliphatic carbocycles. The van der Waals surface area contributed by atoms with Gasteiger partial charge in [-0.15, -0.1) is 0 Å². The molecule has 2 aliphatic rings. The van der Waals surface area contributed by atoms with E-state index in [-0.39, 0.29) is 0 Å². The molecular formula is C26H32N8O2. The third-order valence-corrected chi connectivity index (χ3v) is 7.09. The lowest BCUT2D eigenvalue weighted by Gasteiger charge is -2.35. The van der Waals surface area contributed by atoms with Crippen LogP contribution in [0.5, 0.6) is 0 Å². The van der Waals surface area contributed by atoms with Crippen molar-refractivity contribution in [1.29, 1.82) is 0 Å². The second kappa shape index (κ2) is 10.2. The molecule has 0 amide bonds. The van der Waals surface area contributed by atoms with Gasteiger partial charge in [0.2, 0.25) is 0 Å². The van der Waals surface area contributed by atoms with Crippen molar-refractivity contribution >= 4 is 22.4 Å². The van der Waals surface area contributed by atoms with Crippen molar-refractivity contribution in [3.05, 3.63) is 48.5 Å². The van der Waals surface area contributed by atoms with Gasteiger partial charge in [0.1, 0.15) is 0 Å². The largest absolute Gasteiger partial charge is 0.381 e. The third kappa shape index (κ3) is 4.66. The highest BCUT2D eigenvalue weighted by Gasteiger charge is 2.24. The minimum atomic E-state index is 0.316. The molecule has 36 heavy (non-hydrogen) atoms. The Labute approximate surface area is 210 Å². The van der Waals surface area contributed by atoms with Crippen LogP contribution in [0.3, 0.4) is 0 Å². The number of piperazine rings is 1. The number of rotatable bonds is 7. The molecule has 3 aromatic heterocycles. The molecule has 2 fully saturated rings. The molecule has 1 aromatic carbocycles. The Balaban J connectivity index is 1.20. The molecule has 5 heterocycles. The molecule has 6 rings (SSSR count). The van der Waals surface area contributed by atoms with E-state index in [0.717, 1.165) is 81.1 Å². The lowest BCUT2D eigenvalue weighted by Crippen LogP contribution is -2.46. The van der Waals surface area contributed by atoms with Crippen LogP contribution in [-0.4, -0.2) is 75.2 Å². The number of ether oxygens (including phenoxy) is 1. The summed E-state index contributed by atoms with van der Waals surface area (Å²) in [5.41, 5.74) is 3.90. The summed E-state index contributed by atoms with van der Waals surface area (Å²) in [7, 11) is 0. The second-order valence-electron chi connectivity index (χ2n) is 9.39. The van der Waals surface area contributed by atoms with Gasteiger partial charge in [-0.25, -0.2) is 9.67 Å². The predicted molar refractivity (Wildman–Crippen MR) is 138 cm³/mol. The molecule has 188 valence electrons. The van der Waals surface area contributed by atoms with Gasteiger partial charge in [0, 0.05) is 63.9 Å². The molecule has 0 saturated carbocycles. The first-order valence-electron chi connectivity index (χ1n) is 12.8. The van der Waals surface area contributed by atoms with Crippen molar-refractivity contribution in [2.45, 2.75) is 38.9 Å². The van der Waals surface area contributed by atoms with Crippen LogP contribution in [0.25, 0.3) is 22.5 Å². The normalized spacial score (nSPS) is 17.6. The second-order valence-corrected chi connectivity index (χ2v) is 9.39. The number of fused-ring (bicyclic) bond motifs is 1. The number of nitrogens with one attached hydrogen (secondary N) is 1. The Bertz CT molecular complexity index is 1290. The number of hydrogen-bond acceptors (Lipinski definition) is 9. The van der Waals surface area contributed by atoms with Gasteiger partial charge in [-0.3, -0.25) is 4.90 Å². The lowest BCUT2D eigenvalue weighted by atomic mass is 10.1. The van der Waals surface area contributed by atoms with Crippen LogP contribution in [-0.2, 0) is 17.8 Å². The molecule has 0 atom stereocenters. The number of hydrogen-bond donors (Lipinski definition) is 1. The van der Waals surface area contributed by atoms with Gasteiger partial charge >= 0.3 is 0 Å². The summed E-state index contributed by atoms with van der Waals surface area (Å²) in [6, 6.07) is 10.9. The number of para-hydroxylation sites is 1. The van der Waals surface area contributed by atoms with Crippen LogP contribution in [0.1, 0.15) is 25.6 Å². The fourth-order valence-electron chi connectivity index (χ4n) is 5.05. The first-order valence-corrected chi connectivity index (χ1v) is 12.8. The van der Waals surface area contributed by atoms with Gasteiger partial charge in [-0.1, -0.05) is 23.4 Å². The zero-order valence-corrected chi connectivity index (χ0v) is 20.6. The summed E-state index contributed by atoms with van der Waals surface area (Å²) in [6.07, 6.45) is 5.61. The van der Waals surface area contributed by atoms with E-state index in [2.05, 4.69) is 62.6 Å². The van der Waals surface area contributed by atoms with Crippen molar-refractivity contribution < 1.29 is 9.26 Å². The Morgan fingerprint density at radius 2 is 1.83 bits per heavy atom. The predicted octanol–water partition coefficient (Wildman–Crippen LogP) is 3.41. The Kier molecular flexibility index (Phi) is 6.52. The summed E-state index contributed by atoms with van der Waals surface area (Å²) in [4.78, 5) is 14.3. The van der Waals surface area contributed by atoms with Gasteiger partial charge in [0.25, 0.3) is 5.89 Å². The molecule has 0 bridgehead atoms. The van der Waals surface area contributed by atoms with Gasteiger partial charge in [0.15, 0.2) is 11.5 Å². The van der Waals surface area contributed by atoms with Gasteiger partial charge in [-0.2, -0.15) is 10.1 Å². The summed E-state index contributed by atoms with van der Waals surface area (Å²) >= 11 is 0. The molecule has 2 saturated heterocycles. The Morgan fingerprint density at radius 3 is 2.61 bits per heavy atom. The maximum atomic E-state index is 5.76. The number of pyridine rings is 1. The summed E-state index contributed by atoms with van der Waals surface area (Å²) in [5, 5.41) is 13.5. The highest BCUT2D eigenvalue weighted by molar-refractivity contribution is 5.96. The van der Waals surface area contributed by atoms with Gasteiger partial charge in [0.05, 0.1) is 29.4 Å². The highest BCUT2D eigenvalue weighted by Crippen LogP contribution is 2.34. The maximum Gasteiger partial charge on any atom is 0.261 e. The van der Waals surface area contributed by atoms with E-state index in [1.54, 1.807) is 0 Å². The Morgan fingerprint density at radius 1 is 1.03 bits per heavy atom. The number of aromatic nitrogens is 5. The van der Waals surface area contributed by atoms with Crippen molar-refractivity contribution in [2.24, 2.45) is 0 Å². The number of anilines is 2. The average Bonchev–Trinajstić information content (AvgIpc) is 3.57. The van der Waals surface area contributed by atoms with E-state index >= 15 is 0 Å². The first-order chi connectivity index (χ1) is 17.8. The van der Waals surface area contributed by atoms with Crippen LogP contribution in [0.15, 0.2) is 47.2 Å². The van der Waals surface area contributed by atoms with Crippen LogP contribution in [0.2, 0.25) is 0 Å². The monoisotopic (exact) mass is 488 g/mol. The number of nitrogens with zero attached hydrogens (tertiary/aromatic N) is 7. The molecular weight excluding hydrogens is 456 g/mol. The lowest BCUT2D eigenvalue weighted by molar-refractivity contribution is 0.0905. The van der Waals surface area contributed by atoms with Crippen molar-refractivity contribution in [2.75, 3.05) is 49.6 Å². The molecule has 10 heteroatoms. The minimum Gasteiger partial charge on any atom is -0.381 e. The van der Waals surface area contributed by atoms with Gasteiger partial charge < -0.3 is 19.5 Å². The number of benzene rings is 1. The third-order valence-electron chi connectivity index (χ3n) is 7.09. The molecule has 0 unspecified atom stereocenters. The minimum absolute atomic E-state index is 0.316. The summed E-state index contributed by atoms with van der Waals surface area (Å²) in [6.45, 7) is 8.89. The van der Waals surface area contributed by atoms with E-state index in [1.807, 2.05) is 17.1 Å². The van der Waals surface area contributed by atoms with Crippen LogP contribution >= 0.6 is 0 Å². The SMILES string of the molecule is CCn1ncc2c(NC3CCOCC3)c(-c3nc(CN4CCN(c5ccccc5)CC4)no3)cnc21. The first kappa shape index (κ1) is 22.9. The van der Waals surface area contributed by atoms with E-state index in [0.29, 0.717) is 24.3 Å². The number of aryl methyl sites for hydroxylation is 1. The molecule has 10 nitrogen and oxygen atoms in total. The molecule has 1 N–H and O–H groups in total. The zero-order chi connectivity index (χ0) is 24.3. The summed E-state index contributed by atoms with van der Waals surface area (Å²) in [5.74, 6) is 1.18. The van der Waals surface area contributed by atoms with E-state index in [9.17, 15) is 0 Å². The molecule has 4 aromatic rings. The van der Waals surface area contributed by atoms with Gasteiger partial charge in [-0.05, 0) is 31.9 Å². The zero-order valence-electron chi connectivity index (χ0n) is 20.6. The van der Waals surface area contributed by atoms with E-state index < -0.39 is 0 Å². The van der Waals surface area contributed by atoms with Crippen LogP contribution in [0.4, 0.5) is 11.4 Å². The fraction of sp³-hybridized carbons (Fsp3) is 0.462. The molecule has 2 aliphatic heterocycles. The topological polar surface area (TPSA) is 97.4 Å². The quantitative estimate of drug-likeness (QED) is 0.420. The molecule has 0 radical (unpaired) electrons. The standard InChI is InChI=1S/C26H32N8O2/c1-2-34-25-21(17-28-34)24(29-19-8-14-35-15-9-19)22(16-27-25)26-30-23(31-36-26)18-32-10-12-33(13-11-32)20-6-4-3-5-7-20/h3-7,16-17,19H,2,8-15,18H2,1H3,(H,27,29). The van der Waals surface area contributed by atoms with Crippen LogP contribution < -0.4 is 10.2 Å². The van der Waals surface area contributed by atoms with E-state index in [4.69, 9.17) is 19.2 Å². The van der Waals surface area contributed by atoms with Crippen molar-refractivity contribution in [3.63, 3.8) is 0 Å².